The lowest BCUT2D eigenvalue weighted by Gasteiger charge is -2.13. The summed E-state index contributed by atoms with van der Waals surface area (Å²) < 4.78 is 10.6. The minimum Gasteiger partial charge on any atom is -0.490 e. The highest BCUT2D eigenvalue weighted by molar-refractivity contribution is 7.12. The van der Waals surface area contributed by atoms with Gasteiger partial charge in [-0.1, -0.05) is 17.7 Å². The van der Waals surface area contributed by atoms with E-state index in [1.807, 2.05) is 0 Å². The Hall–Kier alpha value is -2.58. The fourth-order valence-corrected chi connectivity index (χ4v) is 2.71. The second-order valence-corrected chi connectivity index (χ2v) is 5.98. The molecule has 1 heterocycles. The molecule has 0 atom stereocenters. The van der Waals surface area contributed by atoms with Crippen molar-refractivity contribution in [1.82, 2.24) is 5.43 Å². The van der Waals surface area contributed by atoms with E-state index in [0.717, 1.165) is 0 Å². The van der Waals surface area contributed by atoms with E-state index < -0.39 is 12.6 Å². The highest BCUT2D eigenvalue weighted by Crippen LogP contribution is 2.36. The van der Waals surface area contributed by atoms with Crippen LogP contribution in [0.4, 0.5) is 0 Å². The Kier molecular flexibility index (Phi) is 6.79. The zero-order chi connectivity index (χ0) is 18.2. The lowest BCUT2D eigenvalue weighted by Crippen LogP contribution is -2.16. The number of benzene rings is 1. The van der Waals surface area contributed by atoms with Crippen LogP contribution < -0.4 is 14.9 Å². The average Bonchev–Trinajstić information content (AvgIpc) is 3.08. The molecule has 0 aliphatic rings. The Morgan fingerprint density at radius 2 is 2.20 bits per heavy atom. The Balaban J connectivity index is 2.13. The molecule has 0 unspecified atom stereocenters. The molecule has 9 heteroatoms. The van der Waals surface area contributed by atoms with Gasteiger partial charge in [-0.05, 0) is 36.1 Å². The predicted molar refractivity (Wildman–Crippen MR) is 95.1 cm³/mol. The third-order valence-corrected chi connectivity index (χ3v) is 3.95. The van der Waals surface area contributed by atoms with E-state index in [0.29, 0.717) is 22.8 Å². The predicted octanol–water partition coefficient (Wildman–Crippen LogP) is 3.03. The van der Waals surface area contributed by atoms with Crippen LogP contribution in [-0.2, 0) is 4.79 Å². The van der Waals surface area contributed by atoms with Crippen molar-refractivity contribution in [1.29, 1.82) is 0 Å². The maximum absolute atomic E-state index is 11.8. The molecule has 1 aromatic carbocycles. The van der Waals surface area contributed by atoms with Crippen LogP contribution in [0.25, 0.3) is 0 Å². The second-order valence-electron chi connectivity index (χ2n) is 4.62. The molecule has 132 valence electrons. The van der Waals surface area contributed by atoms with Crippen molar-refractivity contribution in [3.63, 3.8) is 0 Å². The van der Waals surface area contributed by atoms with Crippen LogP contribution in [0, 0.1) is 0 Å². The van der Waals surface area contributed by atoms with Gasteiger partial charge in [0.25, 0.3) is 5.91 Å². The molecular weight excluding hydrogens is 368 g/mol. The standard InChI is InChI=1S/C16H15ClN2O5S/c1-2-23-12-7-10(6-11(17)15(12)24-9-14(20)21)8-18-19-16(22)13-4-3-5-25-13/h3-8H,2,9H2,1H3,(H,19,22)(H,20,21). The van der Waals surface area contributed by atoms with E-state index in [1.165, 1.54) is 23.6 Å². The lowest BCUT2D eigenvalue weighted by molar-refractivity contribution is -0.139. The number of carbonyl (C=O) groups excluding carboxylic acids is 1. The van der Waals surface area contributed by atoms with Crippen LogP contribution in [0.3, 0.4) is 0 Å². The summed E-state index contributed by atoms with van der Waals surface area (Å²) in [6.07, 6.45) is 1.40. The van der Waals surface area contributed by atoms with Crippen molar-refractivity contribution in [3.8, 4) is 11.5 Å². The highest BCUT2D eigenvalue weighted by atomic mass is 35.5. The zero-order valence-electron chi connectivity index (χ0n) is 13.2. The molecule has 1 amide bonds. The van der Waals surface area contributed by atoms with E-state index in [9.17, 15) is 9.59 Å². The van der Waals surface area contributed by atoms with E-state index in [-0.39, 0.29) is 16.7 Å². The van der Waals surface area contributed by atoms with E-state index >= 15 is 0 Å². The maximum Gasteiger partial charge on any atom is 0.341 e. The summed E-state index contributed by atoms with van der Waals surface area (Å²) in [5.74, 6) is -1.00. The number of aliphatic carboxylic acids is 1. The molecular formula is C16H15ClN2O5S. The molecule has 0 aliphatic heterocycles. The van der Waals surface area contributed by atoms with E-state index in [4.69, 9.17) is 26.2 Å². The number of nitrogens with zero attached hydrogens (tertiary/aromatic N) is 1. The number of nitrogens with one attached hydrogen (secondary N) is 1. The summed E-state index contributed by atoms with van der Waals surface area (Å²) in [4.78, 5) is 23.0. The molecule has 25 heavy (non-hydrogen) atoms. The fourth-order valence-electron chi connectivity index (χ4n) is 1.83. The first kappa shape index (κ1) is 18.8. The normalized spacial score (nSPS) is 10.6. The first-order chi connectivity index (χ1) is 12.0. The summed E-state index contributed by atoms with van der Waals surface area (Å²) in [7, 11) is 0. The van der Waals surface area contributed by atoms with E-state index in [1.54, 1.807) is 30.5 Å². The van der Waals surface area contributed by atoms with Crippen molar-refractivity contribution >= 4 is 41.0 Å². The maximum atomic E-state index is 11.8. The smallest absolute Gasteiger partial charge is 0.341 e. The molecule has 0 saturated heterocycles. The van der Waals surface area contributed by atoms with Crippen molar-refractivity contribution in [2.24, 2.45) is 5.10 Å². The summed E-state index contributed by atoms with van der Waals surface area (Å²) >= 11 is 7.44. The van der Waals surface area contributed by atoms with Crippen molar-refractivity contribution in [3.05, 3.63) is 45.1 Å². The van der Waals surface area contributed by atoms with Crippen molar-refractivity contribution < 1.29 is 24.2 Å². The van der Waals surface area contributed by atoms with Gasteiger partial charge in [0.1, 0.15) is 0 Å². The van der Waals surface area contributed by atoms with Gasteiger partial charge >= 0.3 is 5.97 Å². The molecule has 0 bridgehead atoms. The fraction of sp³-hybridized carbons (Fsp3) is 0.188. The first-order valence-corrected chi connectivity index (χ1v) is 8.45. The molecule has 0 saturated carbocycles. The molecule has 1 aromatic heterocycles. The monoisotopic (exact) mass is 382 g/mol. The van der Waals surface area contributed by atoms with Gasteiger partial charge in [-0.25, -0.2) is 10.2 Å². The molecule has 2 N–H and O–H groups in total. The van der Waals surface area contributed by atoms with Gasteiger partial charge in [-0.15, -0.1) is 11.3 Å². The van der Waals surface area contributed by atoms with Gasteiger partial charge < -0.3 is 14.6 Å². The number of ether oxygens (including phenoxy) is 2. The first-order valence-electron chi connectivity index (χ1n) is 7.19. The molecule has 0 aliphatic carbocycles. The van der Waals surface area contributed by atoms with Gasteiger partial charge in [-0.3, -0.25) is 4.79 Å². The van der Waals surface area contributed by atoms with Crippen molar-refractivity contribution in [2.45, 2.75) is 6.92 Å². The number of hydrogen-bond donors (Lipinski definition) is 2. The largest absolute Gasteiger partial charge is 0.490 e. The van der Waals surface area contributed by atoms with Gasteiger partial charge in [-0.2, -0.15) is 5.10 Å². The third kappa shape index (κ3) is 5.47. The average molecular weight is 383 g/mol. The second kappa shape index (κ2) is 9.05. The summed E-state index contributed by atoms with van der Waals surface area (Å²) in [6, 6.07) is 6.58. The lowest BCUT2D eigenvalue weighted by atomic mass is 10.2. The molecule has 2 aromatic rings. The van der Waals surface area contributed by atoms with Crippen LogP contribution in [0.2, 0.25) is 5.02 Å². The molecule has 0 fully saturated rings. The van der Waals surface area contributed by atoms with Crippen LogP contribution in [0.15, 0.2) is 34.7 Å². The number of carboxylic acids is 1. The number of halogens is 1. The molecule has 0 spiro atoms. The Morgan fingerprint density at radius 1 is 1.40 bits per heavy atom. The van der Waals surface area contributed by atoms with Crippen LogP contribution in [0.1, 0.15) is 22.2 Å². The van der Waals surface area contributed by atoms with Gasteiger partial charge in [0.2, 0.25) is 0 Å². The number of amides is 1. The number of carbonyl (C=O) groups is 2. The van der Waals surface area contributed by atoms with Gasteiger partial charge in [0.05, 0.1) is 22.7 Å². The van der Waals surface area contributed by atoms with Crippen molar-refractivity contribution in [2.75, 3.05) is 13.2 Å². The molecule has 7 nitrogen and oxygen atoms in total. The summed E-state index contributed by atoms with van der Waals surface area (Å²) in [5.41, 5.74) is 2.97. The number of thiophene rings is 1. The number of hydrogen-bond acceptors (Lipinski definition) is 6. The van der Waals surface area contributed by atoms with Crippen LogP contribution in [0.5, 0.6) is 11.5 Å². The minimum absolute atomic E-state index is 0.144. The van der Waals surface area contributed by atoms with Crippen LogP contribution >= 0.6 is 22.9 Å². The quantitative estimate of drug-likeness (QED) is 0.540. The zero-order valence-corrected chi connectivity index (χ0v) is 14.8. The topological polar surface area (TPSA) is 97.2 Å². The SMILES string of the molecule is CCOc1cc(C=NNC(=O)c2cccs2)cc(Cl)c1OCC(=O)O. The highest BCUT2D eigenvalue weighted by Gasteiger charge is 2.13. The number of hydrazone groups is 1. The van der Waals surface area contributed by atoms with Gasteiger partial charge in [0, 0.05) is 0 Å². The Labute approximate surface area is 152 Å². The molecule has 0 radical (unpaired) electrons. The summed E-state index contributed by atoms with van der Waals surface area (Å²) in [6.45, 7) is 1.58. The van der Waals surface area contributed by atoms with E-state index in [2.05, 4.69) is 10.5 Å². The molecule has 2 rings (SSSR count). The third-order valence-electron chi connectivity index (χ3n) is 2.80. The Morgan fingerprint density at radius 3 is 2.84 bits per heavy atom. The minimum atomic E-state index is -1.12. The number of rotatable bonds is 8. The summed E-state index contributed by atoms with van der Waals surface area (Å²) in [5, 5.41) is 14.6. The van der Waals surface area contributed by atoms with Crippen LogP contribution in [-0.4, -0.2) is 36.4 Å². The Bertz CT molecular complexity index is 777. The number of carboxylic acid groups (broad SMARTS) is 1. The van der Waals surface area contributed by atoms with Gasteiger partial charge in [0.15, 0.2) is 18.1 Å².